The van der Waals surface area contributed by atoms with Gasteiger partial charge < -0.3 is 40.3 Å². The summed E-state index contributed by atoms with van der Waals surface area (Å²) in [5.41, 5.74) is -0.632. The molecule has 1 fully saturated rings. The zero-order valence-corrected chi connectivity index (χ0v) is 15.8. The van der Waals surface area contributed by atoms with Crippen molar-refractivity contribution in [3.8, 4) is 5.75 Å². The van der Waals surface area contributed by atoms with E-state index in [4.69, 9.17) is 14.6 Å². The van der Waals surface area contributed by atoms with Gasteiger partial charge in [0.05, 0.1) is 30.7 Å². The predicted octanol–water partition coefficient (Wildman–Crippen LogP) is -0.847. The molecule has 0 bridgehead atoms. The van der Waals surface area contributed by atoms with Crippen molar-refractivity contribution >= 4 is 11.9 Å². The highest BCUT2D eigenvalue weighted by Crippen LogP contribution is 2.37. The van der Waals surface area contributed by atoms with Gasteiger partial charge in [0.2, 0.25) is 5.91 Å². The summed E-state index contributed by atoms with van der Waals surface area (Å²) in [6.45, 7) is 0.145. The van der Waals surface area contributed by atoms with Gasteiger partial charge in [-0.05, 0) is 12.1 Å². The van der Waals surface area contributed by atoms with Crippen molar-refractivity contribution in [3.63, 3.8) is 0 Å². The number of carboxylic acids is 1. The van der Waals surface area contributed by atoms with Crippen LogP contribution in [0.4, 0.5) is 8.78 Å². The fourth-order valence-electron chi connectivity index (χ4n) is 3.16. The van der Waals surface area contributed by atoms with E-state index in [0.717, 1.165) is 19.1 Å². The van der Waals surface area contributed by atoms with Crippen molar-refractivity contribution in [3.05, 3.63) is 29.8 Å². The highest BCUT2D eigenvalue weighted by atomic mass is 19.3. The minimum absolute atomic E-state index is 0.531. The zero-order valence-electron chi connectivity index (χ0n) is 15.8. The summed E-state index contributed by atoms with van der Waals surface area (Å²) < 4.78 is 37.2. The number of amides is 1. The molecule has 1 saturated heterocycles. The molecule has 6 N–H and O–H groups in total. The van der Waals surface area contributed by atoms with Crippen LogP contribution < -0.4 is 10.1 Å². The van der Waals surface area contributed by atoms with Gasteiger partial charge in [0, 0.05) is 6.92 Å². The molecule has 1 amide bonds. The number of hydrogen-bond donors (Lipinski definition) is 6. The highest BCUT2D eigenvalue weighted by Gasteiger charge is 2.56. The van der Waals surface area contributed by atoms with Crippen LogP contribution >= 0.6 is 0 Å². The number of rotatable bonds is 8. The van der Waals surface area contributed by atoms with Crippen molar-refractivity contribution in [2.45, 2.75) is 56.0 Å². The third-order valence-electron chi connectivity index (χ3n) is 4.62. The molecule has 1 aliphatic rings. The molecule has 1 aromatic carbocycles. The fourth-order valence-corrected chi connectivity index (χ4v) is 3.16. The predicted molar refractivity (Wildman–Crippen MR) is 94.6 cm³/mol. The topological polar surface area (TPSA) is 166 Å². The van der Waals surface area contributed by atoms with Gasteiger partial charge in [-0.3, -0.25) is 4.79 Å². The summed E-state index contributed by atoms with van der Waals surface area (Å²) in [5.74, 6) is -5.73. The van der Waals surface area contributed by atoms with Gasteiger partial charge in [0.15, 0.2) is 0 Å². The van der Waals surface area contributed by atoms with Gasteiger partial charge in [-0.2, -0.15) is 0 Å². The number of carbonyl (C=O) groups excluding carboxylic acids is 1. The zero-order chi connectivity index (χ0) is 22.6. The Morgan fingerprint density at radius 2 is 1.97 bits per heavy atom. The summed E-state index contributed by atoms with van der Waals surface area (Å²) in [6, 6.07) is 3.31. The number of nitrogens with one attached hydrogen (secondary N) is 1. The number of halogens is 2. The van der Waals surface area contributed by atoms with Crippen LogP contribution in [0.5, 0.6) is 5.75 Å². The van der Waals surface area contributed by atoms with E-state index in [2.05, 4.69) is 5.32 Å². The number of para-hydroxylation sites is 1. The molecule has 30 heavy (non-hydrogen) atoms. The molecule has 0 spiro atoms. The second-order valence-corrected chi connectivity index (χ2v) is 6.82. The van der Waals surface area contributed by atoms with Gasteiger partial charge in [-0.15, -0.1) is 0 Å². The molecular formula is C18H23F2NO9. The maximum absolute atomic E-state index is 13.3. The first kappa shape index (κ1) is 23.9. The van der Waals surface area contributed by atoms with E-state index in [-0.39, 0.29) is 0 Å². The second kappa shape index (κ2) is 9.62. The quantitative estimate of drug-likeness (QED) is 0.305. The second-order valence-electron chi connectivity index (χ2n) is 6.82. The van der Waals surface area contributed by atoms with Crippen molar-refractivity contribution in [2.75, 3.05) is 6.61 Å². The number of aliphatic carboxylic acids is 1. The monoisotopic (exact) mass is 435 g/mol. The van der Waals surface area contributed by atoms with E-state index >= 15 is 0 Å². The van der Waals surface area contributed by atoms with E-state index in [1.807, 2.05) is 0 Å². The lowest BCUT2D eigenvalue weighted by Gasteiger charge is -2.46. The maximum atomic E-state index is 13.3. The van der Waals surface area contributed by atoms with Crippen LogP contribution in [0.2, 0.25) is 0 Å². The third kappa shape index (κ3) is 5.02. The van der Waals surface area contributed by atoms with Crippen LogP contribution in [0.25, 0.3) is 0 Å². The maximum Gasteiger partial charge on any atom is 0.377 e. The van der Waals surface area contributed by atoms with Crippen molar-refractivity contribution < 1.29 is 53.4 Å². The van der Waals surface area contributed by atoms with Crippen molar-refractivity contribution in [2.24, 2.45) is 0 Å². The number of alkyl halides is 2. The van der Waals surface area contributed by atoms with Crippen LogP contribution in [0, 0.1) is 0 Å². The van der Waals surface area contributed by atoms with Gasteiger partial charge in [0.1, 0.15) is 24.1 Å². The average molecular weight is 435 g/mol. The molecule has 2 rings (SSSR count). The smallest absolute Gasteiger partial charge is 0.377 e. The Hall–Kier alpha value is -2.38. The number of carbonyl (C=O) groups is 2. The number of aliphatic hydroxyl groups is 4. The molecular weight excluding hydrogens is 412 g/mol. The summed E-state index contributed by atoms with van der Waals surface area (Å²) in [7, 11) is 0. The van der Waals surface area contributed by atoms with E-state index in [0.29, 0.717) is 0 Å². The lowest BCUT2D eigenvalue weighted by molar-refractivity contribution is -0.284. The summed E-state index contributed by atoms with van der Waals surface area (Å²) >= 11 is 0. The lowest BCUT2D eigenvalue weighted by atomic mass is 9.88. The summed E-state index contributed by atoms with van der Waals surface area (Å²) in [5, 5.41) is 51.7. The largest absolute Gasteiger partial charge is 0.476 e. The Kier molecular flexibility index (Phi) is 7.66. The molecule has 0 radical (unpaired) electrons. The molecule has 1 aromatic rings. The molecule has 168 valence electrons. The number of aliphatic hydroxyl groups excluding tert-OH is 4. The molecule has 1 heterocycles. The molecule has 1 aliphatic heterocycles. The fraction of sp³-hybridized carbons (Fsp3) is 0.556. The van der Waals surface area contributed by atoms with Crippen molar-refractivity contribution in [1.82, 2.24) is 5.32 Å². The Bertz CT molecular complexity index is 765. The Morgan fingerprint density at radius 3 is 2.50 bits per heavy atom. The highest BCUT2D eigenvalue weighted by molar-refractivity contribution is 5.77. The molecule has 10 nitrogen and oxygen atoms in total. The van der Waals surface area contributed by atoms with Crippen molar-refractivity contribution in [1.29, 1.82) is 0 Å². The minimum atomic E-state index is -3.01. The molecule has 6 atom stereocenters. The van der Waals surface area contributed by atoms with Crippen LogP contribution in [0.3, 0.4) is 0 Å². The van der Waals surface area contributed by atoms with E-state index in [9.17, 15) is 38.8 Å². The number of carboxylic acid groups (broad SMARTS) is 1. The Morgan fingerprint density at radius 1 is 1.33 bits per heavy atom. The minimum Gasteiger partial charge on any atom is -0.476 e. The first-order valence-electron chi connectivity index (χ1n) is 8.92. The SMILES string of the molecule is CC(=O)N[C@H]1[C@H]([C@@H](O)[C@@H](O)CO)O[C@@](Oc2ccccc2C(F)F)(C(=O)O)C[C@@H]1O. The molecule has 0 aromatic heterocycles. The van der Waals surface area contributed by atoms with Gasteiger partial charge >= 0.3 is 11.8 Å². The lowest BCUT2D eigenvalue weighted by Crippen LogP contribution is -2.68. The standard InChI is InChI=1S/C18H23F2NO9/c1-8(23)21-13-10(24)6-18(17(27)28,30-15(13)14(26)11(25)7-22)29-12-5-3-2-4-9(12)16(19)20/h2-5,10-11,13-16,22,24-26H,6-7H2,1H3,(H,21,23)(H,27,28)/t10-,11-,13+,14-,15+,18+/m0/s1. The summed E-state index contributed by atoms with van der Waals surface area (Å²) in [4.78, 5) is 23.5. The Balaban J connectivity index is 2.47. The van der Waals surface area contributed by atoms with Crippen LogP contribution in [0.15, 0.2) is 24.3 Å². The van der Waals surface area contributed by atoms with E-state index < -0.39 is 78.9 Å². The van der Waals surface area contributed by atoms with Gasteiger partial charge in [-0.1, -0.05) is 12.1 Å². The number of ether oxygens (including phenoxy) is 2. The van der Waals surface area contributed by atoms with E-state index in [1.54, 1.807) is 0 Å². The normalized spacial score (nSPS) is 28.6. The van der Waals surface area contributed by atoms with Gasteiger partial charge in [0.25, 0.3) is 6.43 Å². The molecule has 0 aliphatic carbocycles. The van der Waals surface area contributed by atoms with Crippen LogP contribution in [-0.4, -0.2) is 80.3 Å². The van der Waals surface area contributed by atoms with Crippen LogP contribution in [0.1, 0.15) is 25.3 Å². The number of benzene rings is 1. The van der Waals surface area contributed by atoms with E-state index in [1.165, 1.54) is 12.1 Å². The van der Waals surface area contributed by atoms with Crippen LogP contribution in [-0.2, 0) is 14.3 Å². The Labute approximate surface area is 169 Å². The summed E-state index contributed by atoms with van der Waals surface area (Å²) in [6.07, 6.45) is -11.0. The molecule has 12 heteroatoms. The first-order chi connectivity index (χ1) is 14.0. The third-order valence-corrected chi connectivity index (χ3v) is 4.62. The van der Waals surface area contributed by atoms with Gasteiger partial charge in [-0.25, -0.2) is 13.6 Å². The molecule has 0 unspecified atom stereocenters. The average Bonchev–Trinajstić information content (AvgIpc) is 2.68. The number of hydrogen-bond acceptors (Lipinski definition) is 8. The first-order valence-corrected chi connectivity index (χ1v) is 8.92. The molecule has 0 saturated carbocycles.